The number of hydrogen-bond donors (Lipinski definition) is 2. The maximum absolute atomic E-state index is 10.9. The molecule has 0 aromatic heterocycles. The summed E-state index contributed by atoms with van der Waals surface area (Å²) >= 11 is 0. The van der Waals surface area contributed by atoms with E-state index in [1.54, 1.807) is 0 Å². The molecule has 2 fully saturated rings. The lowest BCUT2D eigenvalue weighted by molar-refractivity contribution is -0.0791. The summed E-state index contributed by atoms with van der Waals surface area (Å²) in [4.78, 5) is 12.9. The molecule has 17 heavy (non-hydrogen) atoms. The minimum absolute atomic E-state index is 0.115. The Labute approximate surface area is 101 Å². The minimum atomic E-state index is -0.664. The molecule has 2 N–H and O–H groups in total. The number of alkyl carbamates (subject to hydrolysis) is 1. The first kappa shape index (κ1) is 12.6. The number of nitrogens with zero attached hydrogens (tertiary/aromatic N) is 1. The van der Waals surface area contributed by atoms with Gasteiger partial charge in [0.15, 0.2) is 0 Å². The topological polar surface area (TPSA) is 71.0 Å². The highest BCUT2D eigenvalue weighted by Crippen LogP contribution is 2.21. The van der Waals surface area contributed by atoms with Crippen LogP contribution in [0.5, 0.6) is 0 Å². The fourth-order valence-electron chi connectivity index (χ4n) is 2.36. The second-order valence-electron chi connectivity index (χ2n) is 4.94. The second-order valence-corrected chi connectivity index (χ2v) is 4.94. The van der Waals surface area contributed by atoms with Crippen molar-refractivity contribution in [1.29, 1.82) is 0 Å². The van der Waals surface area contributed by atoms with Crippen molar-refractivity contribution in [2.75, 3.05) is 39.9 Å². The minimum Gasteiger partial charge on any atom is -0.443 e. The molecule has 6 nitrogen and oxygen atoms in total. The zero-order valence-electron chi connectivity index (χ0n) is 10.1. The third-order valence-electron chi connectivity index (χ3n) is 3.25. The highest BCUT2D eigenvalue weighted by Gasteiger charge is 2.32. The summed E-state index contributed by atoms with van der Waals surface area (Å²) < 4.78 is 10.3. The van der Waals surface area contributed by atoms with Gasteiger partial charge in [-0.15, -0.1) is 0 Å². The molecule has 2 aliphatic heterocycles. The maximum Gasteiger partial charge on any atom is 0.407 e. The number of nitrogens with one attached hydrogen (secondary N) is 1. The Balaban J connectivity index is 1.76. The molecule has 1 amide bonds. The molecule has 2 heterocycles. The van der Waals surface area contributed by atoms with E-state index in [4.69, 9.17) is 9.47 Å². The number of carbonyl (C=O) groups excluding carboxylic acids is 1. The van der Waals surface area contributed by atoms with Crippen LogP contribution in [-0.2, 0) is 9.47 Å². The van der Waals surface area contributed by atoms with E-state index < -0.39 is 5.60 Å². The lowest BCUT2D eigenvalue weighted by Gasteiger charge is -2.35. The van der Waals surface area contributed by atoms with E-state index in [1.807, 2.05) is 11.9 Å². The maximum atomic E-state index is 10.9. The van der Waals surface area contributed by atoms with E-state index in [2.05, 4.69) is 5.32 Å². The smallest absolute Gasteiger partial charge is 0.407 e. The summed E-state index contributed by atoms with van der Waals surface area (Å²) in [6.45, 7) is 3.01. The summed E-state index contributed by atoms with van der Waals surface area (Å²) in [6.07, 6.45) is 0.865. The quantitative estimate of drug-likeness (QED) is 0.702. The molecule has 0 saturated carbocycles. The molecular formula is C11H20N2O4. The van der Waals surface area contributed by atoms with Crippen molar-refractivity contribution in [3.8, 4) is 0 Å². The predicted octanol–water partition coefficient (Wildman–Crippen LogP) is -0.432. The van der Waals surface area contributed by atoms with Gasteiger partial charge in [-0.1, -0.05) is 0 Å². The number of cyclic esters (lactones) is 1. The van der Waals surface area contributed by atoms with Crippen LogP contribution < -0.4 is 5.32 Å². The Hall–Kier alpha value is -0.850. The largest absolute Gasteiger partial charge is 0.443 e. The third-order valence-corrected chi connectivity index (χ3v) is 3.25. The normalized spacial score (nSPS) is 27.9. The van der Waals surface area contributed by atoms with E-state index in [1.165, 1.54) is 0 Å². The van der Waals surface area contributed by atoms with E-state index in [0.29, 0.717) is 45.7 Å². The lowest BCUT2D eigenvalue weighted by Crippen LogP contribution is -2.47. The van der Waals surface area contributed by atoms with Crippen LogP contribution in [0.4, 0.5) is 4.79 Å². The Kier molecular flexibility index (Phi) is 3.86. The highest BCUT2D eigenvalue weighted by atomic mass is 16.6. The molecule has 0 aromatic rings. The molecule has 0 spiro atoms. The first-order valence-corrected chi connectivity index (χ1v) is 6.01. The molecular weight excluding hydrogens is 224 g/mol. The van der Waals surface area contributed by atoms with Crippen molar-refractivity contribution in [3.05, 3.63) is 0 Å². The van der Waals surface area contributed by atoms with Crippen LogP contribution in [-0.4, -0.2) is 67.7 Å². The number of hydrogen-bond acceptors (Lipinski definition) is 5. The molecule has 1 atom stereocenters. The number of likely N-dealkylation sites (N-methyl/N-ethyl adjacent to an activating group) is 1. The number of aliphatic hydroxyl groups is 1. The highest BCUT2D eigenvalue weighted by molar-refractivity contribution is 5.69. The van der Waals surface area contributed by atoms with Crippen LogP contribution in [0.1, 0.15) is 12.8 Å². The third kappa shape index (κ3) is 3.55. The molecule has 0 bridgehead atoms. The van der Waals surface area contributed by atoms with Crippen molar-refractivity contribution < 1.29 is 19.4 Å². The Morgan fingerprint density at radius 3 is 2.82 bits per heavy atom. The van der Waals surface area contributed by atoms with E-state index >= 15 is 0 Å². The summed E-state index contributed by atoms with van der Waals surface area (Å²) in [5.74, 6) is 0. The van der Waals surface area contributed by atoms with Gasteiger partial charge in [0.1, 0.15) is 6.10 Å². The van der Waals surface area contributed by atoms with Gasteiger partial charge >= 0.3 is 6.09 Å². The Morgan fingerprint density at radius 1 is 1.53 bits per heavy atom. The van der Waals surface area contributed by atoms with Crippen molar-refractivity contribution in [1.82, 2.24) is 10.2 Å². The van der Waals surface area contributed by atoms with Crippen molar-refractivity contribution >= 4 is 6.09 Å². The zero-order chi connectivity index (χ0) is 12.3. The lowest BCUT2D eigenvalue weighted by atomic mass is 9.94. The monoisotopic (exact) mass is 244 g/mol. The number of rotatable bonds is 4. The van der Waals surface area contributed by atoms with Gasteiger partial charge in [0.25, 0.3) is 0 Å². The summed E-state index contributed by atoms with van der Waals surface area (Å²) in [6, 6.07) is 0. The Bertz CT molecular complexity index is 279. The fourth-order valence-corrected chi connectivity index (χ4v) is 2.36. The molecule has 0 aliphatic carbocycles. The molecule has 0 radical (unpaired) electrons. The average molecular weight is 244 g/mol. The van der Waals surface area contributed by atoms with Gasteiger partial charge in [-0.25, -0.2) is 4.79 Å². The predicted molar refractivity (Wildman–Crippen MR) is 60.8 cm³/mol. The molecule has 0 aromatic carbocycles. The second kappa shape index (κ2) is 5.20. The standard InChI is InChI=1S/C11H20N2O4/c1-13(7-9-6-12-10(14)17-9)8-11(15)2-4-16-5-3-11/h9,15H,2-8H2,1H3,(H,12,14). The van der Waals surface area contributed by atoms with Gasteiger partial charge in [-0.05, 0) is 7.05 Å². The van der Waals surface area contributed by atoms with E-state index in [9.17, 15) is 9.90 Å². The van der Waals surface area contributed by atoms with Gasteiger partial charge in [0.05, 0.1) is 12.1 Å². The van der Waals surface area contributed by atoms with Crippen LogP contribution in [0.3, 0.4) is 0 Å². The van der Waals surface area contributed by atoms with Crippen molar-refractivity contribution in [2.24, 2.45) is 0 Å². The first-order chi connectivity index (χ1) is 8.07. The van der Waals surface area contributed by atoms with E-state index in [0.717, 1.165) is 0 Å². The van der Waals surface area contributed by atoms with Crippen LogP contribution in [0.25, 0.3) is 0 Å². The van der Waals surface area contributed by atoms with Gasteiger partial charge in [0.2, 0.25) is 0 Å². The van der Waals surface area contributed by atoms with Gasteiger partial charge < -0.3 is 19.9 Å². The number of ether oxygens (including phenoxy) is 2. The zero-order valence-corrected chi connectivity index (χ0v) is 10.1. The van der Waals surface area contributed by atoms with Crippen LogP contribution in [0.2, 0.25) is 0 Å². The first-order valence-electron chi connectivity index (χ1n) is 6.01. The van der Waals surface area contributed by atoms with Gasteiger partial charge in [-0.3, -0.25) is 4.90 Å². The van der Waals surface area contributed by atoms with Crippen LogP contribution >= 0.6 is 0 Å². The molecule has 98 valence electrons. The molecule has 1 unspecified atom stereocenters. The summed E-state index contributed by atoms with van der Waals surface area (Å²) in [5, 5.41) is 12.9. The number of carbonyl (C=O) groups is 1. The van der Waals surface area contributed by atoms with Gasteiger partial charge in [-0.2, -0.15) is 0 Å². The summed E-state index contributed by atoms with van der Waals surface area (Å²) in [5.41, 5.74) is -0.664. The SMILES string of the molecule is CN(CC1CNC(=O)O1)CC1(O)CCOCC1. The molecule has 2 rings (SSSR count). The van der Waals surface area contributed by atoms with Crippen LogP contribution in [0.15, 0.2) is 0 Å². The summed E-state index contributed by atoms with van der Waals surface area (Å²) in [7, 11) is 1.93. The van der Waals surface area contributed by atoms with Crippen LogP contribution in [0, 0.1) is 0 Å². The van der Waals surface area contributed by atoms with Crippen molar-refractivity contribution in [2.45, 2.75) is 24.5 Å². The number of amides is 1. The average Bonchev–Trinajstić information content (AvgIpc) is 2.63. The fraction of sp³-hybridized carbons (Fsp3) is 0.909. The van der Waals surface area contributed by atoms with Gasteiger partial charge in [0, 0.05) is 39.1 Å². The van der Waals surface area contributed by atoms with E-state index in [-0.39, 0.29) is 12.2 Å². The molecule has 6 heteroatoms. The van der Waals surface area contributed by atoms with Crippen molar-refractivity contribution in [3.63, 3.8) is 0 Å². The molecule has 2 saturated heterocycles. The Morgan fingerprint density at radius 2 is 2.24 bits per heavy atom. The molecule has 2 aliphatic rings.